The monoisotopic (exact) mass is 346 g/mol. The van der Waals surface area contributed by atoms with Gasteiger partial charge in [-0.15, -0.1) is 0 Å². The normalized spacial score (nSPS) is 12.8. The summed E-state index contributed by atoms with van der Waals surface area (Å²) in [6, 6.07) is 11.2. The highest BCUT2D eigenvalue weighted by molar-refractivity contribution is 9.10. The quantitative estimate of drug-likeness (QED) is 0.532. The molecule has 0 saturated carbocycles. The van der Waals surface area contributed by atoms with Crippen molar-refractivity contribution in [1.29, 1.82) is 0 Å². The Morgan fingerprint density at radius 2 is 2.10 bits per heavy atom. The summed E-state index contributed by atoms with van der Waals surface area (Å²) in [4.78, 5) is 17.6. The SMILES string of the molecule is O=c1/c(=C\c2ccc(Br)o2)sc2nc3ccccc3n12. The molecule has 0 N–H and O–H groups in total. The number of para-hydroxylation sites is 2. The summed E-state index contributed by atoms with van der Waals surface area (Å²) in [5.74, 6) is 0.641. The molecule has 4 aromatic rings. The molecule has 3 heterocycles. The van der Waals surface area contributed by atoms with Gasteiger partial charge >= 0.3 is 0 Å². The second kappa shape index (κ2) is 4.29. The van der Waals surface area contributed by atoms with Crippen LogP contribution in [0.2, 0.25) is 0 Å². The molecule has 0 aliphatic carbocycles. The number of nitrogens with zero attached hydrogens (tertiary/aromatic N) is 2. The molecule has 0 bridgehead atoms. The van der Waals surface area contributed by atoms with E-state index in [2.05, 4.69) is 20.9 Å². The smallest absolute Gasteiger partial charge is 0.275 e. The van der Waals surface area contributed by atoms with Gasteiger partial charge in [0.05, 0.1) is 11.0 Å². The third-order valence-corrected chi connectivity index (χ3v) is 4.41. The number of thiazole rings is 1. The standard InChI is InChI=1S/C14H7BrN2O2S/c15-12-6-5-8(19-12)7-11-13(18)17-10-4-2-1-3-9(10)16-14(17)20-11/h1-7H/b11-7+. The molecular weight excluding hydrogens is 340 g/mol. The van der Waals surface area contributed by atoms with Gasteiger partial charge in [-0.05, 0) is 40.2 Å². The minimum absolute atomic E-state index is 0.0637. The third kappa shape index (κ3) is 1.72. The number of hydrogen-bond acceptors (Lipinski definition) is 4. The van der Waals surface area contributed by atoms with Gasteiger partial charge in [0.1, 0.15) is 10.3 Å². The van der Waals surface area contributed by atoms with Gasteiger partial charge in [0.25, 0.3) is 5.56 Å². The van der Waals surface area contributed by atoms with Crippen LogP contribution in [0, 0.1) is 0 Å². The molecule has 0 unspecified atom stereocenters. The van der Waals surface area contributed by atoms with E-state index in [0.717, 1.165) is 11.0 Å². The summed E-state index contributed by atoms with van der Waals surface area (Å²) >= 11 is 4.61. The molecule has 6 heteroatoms. The molecule has 0 atom stereocenters. The first kappa shape index (κ1) is 11.9. The first-order valence-corrected chi connectivity index (χ1v) is 7.50. The van der Waals surface area contributed by atoms with Crippen molar-refractivity contribution in [2.24, 2.45) is 0 Å². The van der Waals surface area contributed by atoms with Crippen LogP contribution in [0.5, 0.6) is 0 Å². The summed E-state index contributed by atoms with van der Waals surface area (Å²) < 4.78 is 8.30. The zero-order chi connectivity index (χ0) is 13.7. The van der Waals surface area contributed by atoms with E-state index in [-0.39, 0.29) is 5.56 Å². The second-order valence-electron chi connectivity index (χ2n) is 4.28. The van der Waals surface area contributed by atoms with Crippen molar-refractivity contribution in [1.82, 2.24) is 9.38 Å². The van der Waals surface area contributed by atoms with Gasteiger partial charge < -0.3 is 4.42 Å². The topological polar surface area (TPSA) is 47.5 Å². The largest absolute Gasteiger partial charge is 0.450 e. The lowest BCUT2D eigenvalue weighted by atomic mass is 10.3. The number of benzene rings is 1. The van der Waals surface area contributed by atoms with Gasteiger partial charge in [0.15, 0.2) is 9.63 Å². The fraction of sp³-hybridized carbons (Fsp3) is 0. The van der Waals surface area contributed by atoms with E-state index in [9.17, 15) is 4.79 Å². The Labute approximate surface area is 125 Å². The van der Waals surface area contributed by atoms with Crippen LogP contribution in [0.4, 0.5) is 0 Å². The fourth-order valence-electron chi connectivity index (χ4n) is 2.15. The average molecular weight is 347 g/mol. The lowest BCUT2D eigenvalue weighted by Gasteiger charge is -1.86. The number of imidazole rings is 1. The first-order chi connectivity index (χ1) is 9.72. The summed E-state index contributed by atoms with van der Waals surface area (Å²) in [5, 5.41) is 0. The lowest BCUT2D eigenvalue weighted by molar-refractivity contribution is 0.531. The van der Waals surface area contributed by atoms with E-state index in [1.165, 1.54) is 11.3 Å². The Morgan fingerprint density at radius 1 is 1.25 bits per heavy atom. The zero-order valence-corrected chi connectivity index (χ0v) is 12.4. The molecule has 0 amide bonds. The van der Waals surface area contributed by atoms with Gasteiger partial charge in [-0.2, -0.15) is 0 Å². The van der Waals surface area contributed by atoms with Gasteiger partial charge in [0, 0.05) is 6.08 Å². The van der Waals surface area contributed by atoms with Crippen molar-refractivity contribution in [3.63, 3.8) is 0 Å². The van der Waals surface area contributed by atoms with E-state index >= 15 is 0 Å². The molecule has 0 aliphatic rings. The average Bonchev–Trinajstić information content (AvgIpc) is 3.07. The van der Waals surface area contributed by atoms with Gasteiger partial charge in [-0.1, -0.05) is 23.5 Å². The van der Waals surface area contributed by atoms with E-state index in [4.69, 9.17) is 4.42 Å². The first-order valence-electron chi connectivity index (χ1n) is 5.89. The Kier molecular flexibility index (Phi) is 2.55. The Hall–Kier alpha value is -1.92. The molecular formula is C14H7BrN2O2S. The van der Waals surface area contributed by atoms with Crippen molar-refractivity contribution < 1.29 is 4.42 Å². The van der Waals surface area contributed by atoms with Crippen molar-refractivity contribution in [3.05, 3.63) is 61.7 Å². The Bertz CT molecular complexity index is 1040. The molecule has 1 aromatic carbocycles. The molecule has 4 rings (SSSR count). The fourth-order valence-corrected chi connectivity index (χ4v) is 3.43. The molecule has 0 spiro atoms. The van der Waals surface area contributed by atoms with Crippen LogP contribution < -0.4 is 10.1 Å². The van der Waals surface area contributed by atoms with Gasteiger partial charge in [0.2, 0.25) is 0 Å². The second-order valence-corrected chi connectivity index (χ2v) is 6.07. The molecule has 20 heavy (non-hydrogen) atoms. The van der Waals surface area contributed by atoms with Crippen molar-refractivity contribution in [3.8, 4) is 0 Å². The summed E-state index contributed by atoms with van der Waals surface area (Å²) in [6.45, 7) is 0. The highest BCUT2D eigenvalue weighted by Gasteiger charge is 2.10. The molecule has 0 aliphatic heterocycles. The van der Waals surface area contributed by atoms with Crippen LogP contribution >= 0.6 is 27.3 Å². The summed E-state index contributed by atoms with van der Waals surface area (Å²) in [7, 11) is 0. The zero-order valence-electron chi connectivity index (χ0n) is 10.0. The molecule has 4 nitrogen and oxygen atoms in total. The van der Waals surface area contributed by atoms with E-state index in [1.807, 2.05) is 30.3 Å². The minimum Gasteiger partial charge on any atom is -0.450 e. The van der Waals surface area contributed by atoms with Crippen LogP contribution in [-0.4, -0.2) is 9.38 Å². The van der Waals surface area contributed by atoms with E-state index in [1.54, 1.807) is 16.5 Å². The van der Waals surface area contributed by atoms with Crippen molar-refractivity contribution in [2.75, 3.05) is 0 Å². The van der Waals surface area contributed by atoms with Crippen LogP contribution in [-0.2, 0) is 0 Å². The highest BCUT2D eigenvalue weighted by Crippen LogP contribution is 2.17. The predicted molar refractivity (Wildman–Crippen MR) is 82.0 cm³/mol. The minimum atomic E-state index is -0.0637. The van der Waals surface area contributed by atoms with Crippen molar-refractivity contribution in [2.45, 2.75) is 0 Å². The number of fused-ring (bicyclic) bond motifs is 3. The maximum absolute atomic E-state index is 12.5. The molecule has 3 aromatic heterocycles. The maximum atomic E-state index is 12.5. The van der Waals surface area contributed by atoms with Gasteiger partial charge in [-0.25, -0.2) is 9.38 Å². The number of halogens is 1. The molecule has 0 fully saturated rings. The number of aromatic nitrogens is 2. The predicted octanol–water partition coefficient (Wildman–Crippen LogP) is 2.81. The highest BCUT2D eigenvalue weighted by atomic mass is 79.9. The molecule has 98 valence electrons. The van der Waals surface area contributed by atoms with Crippen molar-refractivity contribution >= 4 is 49.3 Å². The van der Waals surface area contributed by atoms with E-state index in [0.29, 0.717) is 19.9 Å². The number of furan rings is 1. The van der Waals surface area contributed by atoms with Crippen LogP contribution in [0.1, 0.15) is 5.76 Å². The molecule has 0 radical (unpaired) electrons. The maximum Gasteiger partial charge on any atom is 0.275 e. The van der Waals surface area contributed by atoms with Crippen LogP contribution in [0.3, 0.4) is 0 Å². The van der Waals surface area contributed by atoms with Crippen LogP contribution in [0.25, 0.3) is 22.1 Å². The lowest BCUT2D eigenvalue weighted by Crippen LogP contribution is -2.22. The Balaban J connectivity index is 2.05. The summed E-state index contributed by atoms with van der Waals surface area (Å²) in [5.41, 5.74) is 1.61. The summed E-state index contributed by atoms with van der Waals surface area (Å²) in [6.07, 6.45) is 1.74. The van der Waals surface area contributed by atoms with E-state index < -0.39 is 0 Å². The number of hydrogen-bond donors (Lipinski definition) is 0. The van der Waals surface area contributed by atoms with Crippen LogP contribution in [0.15, 0.2) is 50.3 Å². The van der Waals surface area contributed by atoms with Gasteiger partial charge in [-0.3, -0.25) is 4.79 Å². The number of rotatable bonds is 1. The molecule has 0 saturated heterocycles. The Morgan fingerprint density at radius 3 is 2.90 bits per heavy atom. The third-order valence-electron chi connectivity index (χ3n) is 3.01.